The Morgan fingerprint density at radius 3 is 2.52 bits per heavy atom. The summed E-state index contributed by atoms with van der Waals surface area (Å²) in [5.41, 5.74) is 8.05. The van der Waals surface area contributed by atoms with Gasteiger partial charge < -0.3 is 16.0 Å². The smallest absolute Gasteiger partial charge is 0.281 e. The van der Waals surface area contributed by atoms with Crippen molar-refractivity contribution in [1.82, 2.24) is 19.7 Å². The molecule has 42 heavy (non-hydrogen) atoms. The lowest BCUT2D eigenvalue weighted by molar-refractivity contribution is 0.0981. The number of nitrogens with one attached hydrogen (secondary N) is 2. The minimum Gasteiger partial charge on any atom is -0.362 e. The van der Waals surface area contributed by atoms with Crippen LogP contribution in [0.4, 0.5) is 11.6 Å². The van der Waals surface area contributed by atoms with Gasteiger partial charge in [0.15, 0.2) is 5.03 Å². The van der Waals surface area contributed by atoms with Crippen molar-refractivity contribution in [3.63, 3.8) is 0 Å². The van der Waals surface area contributed by atoms with E-state index in [-0.39, 0.29) is 27.6 Å². The van der Waals surface area contributed by atoms with Crippen molar-refractivity contribution in [3.8, 4) is 0 Å². The fourth-order valence-corrected chi connectivity index (χ4v) is 6.87. The number of carbonyl (C=O) groups excluding carboxylic acids is 1. The summed E-state index contributed by atoms with van der Waals surface area (Å²) in [4.78, 5) is 30.0. The Kier molecular flexibility index (Phi) is 8.02. The van der Waals surface area contributed by atoms with E-state index in [0.29, 0.717) is 37.1 Å². The van der Waals surface area contributed by atoms with Crippen LogP contribution in [0, 0.1) is 5.92 Å². The van der Waals surface area contributed by atoms with E-state index in [2.05, 4.69) is 54.5 Å². The molecule has 1 saturated heterocycles. The molecule has 0 radical (unpaired) electrons. The summed E-state index contributed by atoms with van der Waals surface area (Å²) >= 11 is 0. The first-order chi connectivity index (χ1) is 19.8. The molecule has 0 aliphatic carbocycles. The van der Waals surface area contributed by atoms with Crippen LogP contribution in [0.3, 0.4) is 0 Å². The average Bonchev–Trinajstić information content (AvgIpc) is 3.23. The molecule has 1 fully saturated rings. The first-order valence-corrected chi connectivity index (χ1v) is 16.0. The van der Waals surface area contributed by atoms with Gasteiger partial charge in [-0.2, -0.15) is 8.42 Å². The molecule has 2 aliphatic heterocycles. The highest BCUT2D eigenvalue weighted by Gasteiger charge is 2.41. The Balaban J connectivity index is 1.61. The van der Waals surface area contributed by atoms with Gasteiger partial charge in [0.25, 0.3) is 15.9 Å². The Morgan fingerprint density at radius 2 is 1.79 bits per heavy atom. The van der Waals surface area contributed by atoms with Crippen LogP contribution >= 0.6 is 0 Å². The maximum Gasteiger partial charge on any atom is 0.281 e. The molecule has 3 aromatic heterocycles. The van der Waals surface area contributed by atoms with Crippen molar-refractivity contribution < 1.29 is 13.2 Å². The topological polar surface area (TPSA) is 143 Å². The standard InChI is InChI=1S/C31H41N7O3S/c1-30(2,3)25-15-13-22-28(35-25)38-19-20(18-31(38,4)5)12-14-24(23-9-6-8-21(33-23)16-17-32)34-26-10-7-11-27(36-26)42(40,41)37-29(22)39/h6-11,13,15,20,24H,12,14,16-19,32H2,1-5H3,(H,34,36)(H,37,39)/t20-,24+/m0/s1. The molecule has 3 aromatic rings. The summed E-state index contributed by atoms with van der Waals surface area (Å²) in [6, 6.07) is 13.9. The molecule has 2 atom stereocenters. The number of pyridine rings is 3. The minimum atomic E-state index is -4.27. The molecule has 2 aliphatic rings. The number of rotatable bonds is 3. The van der Waals surface area contributed by atoms with E-state index in [1.165, 1.54) is 6.07 Å². The number of hydrogen-bond donors (Lipinski definition) is 3. The van der Waals surface area contributed by atoms with Gasteiger partial charge in [-0.15, -0.1) is 0 Å². The summed E-state index contributed by atoms with van der Waals surface area (Å²) < 4.78 is 29.1. The number of hydrogen-bond acceptors (Lipinski definition) is 9. The Hall–Kier alpha value is -3.57. The SMILES string of the molecule is CC(C)(C)c1ccc2c(n1)N1C[C@@H](CC[C@H](c3cccc(CCN)n3)Nc3cccc(n3)S(=O)(=O)NC2=O)CC1(C)C. The van der Waals surface area contributed by atoms with Crippen molar-refractivity contribution in [2.45, 2.75) is 82.3 Å². The number of anilines is 2. The number of amides is 1. The van der Waals surface area contributed by atoms with Gasteiger partial charge in [-0.05, 0) is 82.0 Å². The predicted molar refractivity (Wildman–Crippen MR) is 164 cm³/mol. The molecule has 0 unspecified atom stereocenters. The van der Waals surface area contributed by atoms with Gasteiger partial charge in [-0.1, -0.05) is 32.9 Å². The zero-order chi connectivity index (χ0) is 30.3. The van der Waals surface area contributed by atoms with Gasteiger partial charge in [0.2, 0.25) is 0 Å². The Labute approximate surface area is 248 Å². The molecule has 5 rings (SSSR count). The maximum absolute atomic E-state index is 13.6. The van der Waals surface area contributed by atoms with Gasteiger partial charge in [-0.25, -0.2) is 14.7 Å². The van der Waals surface area contributed by atoms with E-state index >= 15 is 0 Å². The molecule has 224 valence electrons. The molecular formula is C31H41N7O3S. The van der Waals surface area contributed by atoms with Crippen LogP contribution in [0.2, 0.25) is 0 Å². The van der Waals surface area contributed by atoms with Crippen LogP contribution < -0.4 is 20.7 Å². The summed E-state index contributed by atoms with van der Waals surface area (Å²) in [5, 5.41) is 3.19. The van der Waals surface area contributed by atoms with Crippen molar-refractivity contribution in [2.24, 2.45) is 11.7 Å². The number of nitrogens with two attached hydrogens (primary N) is 1. The van der Waals surface area contributed by atoms with Gasteiger partial charge in [0.05, 0.1) is 17.3 Å². The quantitative estimate of drug-likeness (QED) is 0.405. The summed E-state index contributed by atoms with van der Waals surface area (Å²) in [6.07, 6.45) is 3.21. The fraction of sp³-hybridized carbons (Fsp3) is 0.484. The lowest BCUT2D eigenvalue weighted by atomic mass is 9.90. The molecule has 4 N–H and O–H groups in total. The van der Waals surface area contributed by atoms with Gasteiger partial charge >= 0.3 is 0 Å². The molecule has 4 bridgehead atoms. The van der Waals surface area contributed by atoms with Gasteiger partial charge in [-0.3, -0.25) is 9.78 Å². The third kappa shape index (κ3) is 6.27. The summed E-state index contributed by atoms with van der Waals surface area (Å²) in [5.74, 6) is 0.484. The molecule has 0 saturated carbocycles. The predicted octanol–water partition coefficient (Wildman–Crippen LogP) is 4.34. The van der Waals surface area contributed by atoms with Crippen LogP contribution in [-0.2, 0) is 21.9 Å². The zero-order valence-corrected chi connectivity index (χ0v) is 25.8. The van der Waals surface area contributed by atoms with E-state index in [9.17, 15) is 13.2 Å². The molecule has 5 heterocycles. The molecule has 0 spiro atoms. The Bertz CT molecular complexity index is 1580. The van der Waals surface area contributed by atoms with E-state index in [1.54, 1.807) is 24.3 Å². The van der Waals surface area contributed by atoms with Crippen molar-refractivity contribution in [1.29, 1.82) is 0 Å². The van der Waals surface area contributed by atoms with E-state index in [4.69, 9.17) is 15.7 Å². The highest BCUT2D eigenvalue weighted by Crippen LogP contribution is 2.41. The maximum atomic E-state index is 13.6. The second-order valence-corrected chi connectivity index (χ2v) is 14.6. The molecule has 11 heteroatoms. The molecule has 1 amide bonds. The normalized spacial score (nSPS) is 21.9. The molecule has 10 nitrogen and oxygen atoms in total. The third-order valence-corrected chi connectivity index (χ3v) is 9.33. The van der Waals surface area contributed by atoms with Crippen molar-refractivity contribution in [3.05, 3.63) is 71.2 Å². The molecular weight excluding hydrogens is 550 g/mol. The lowest BCUT2D eigenvalue weighted by Gasteiger charge is -2.34. The fourth-order valence-electron chi connectivity index (χ4n) is 5.93. The second kappa shape index (κ2) is 11.3. The van der Waals surface area contributed by atoms with Crippen LogP contribution in [0.25, 0.3) is 0 Å². The van der Waals surface area contributed by atoms with E-state index in [0.717, 1.165) is 36.3 Å². The van der Waals surface area contributed by atoms with Crippen LogP contribution in [0.1, 0.15) is 87.4 Å². The number of aromatic nitrogens is 3. The highest BCUT2D eigenvalue weighted by molar-refractivity contribution is 7.90. The van der Waals surface area contributed by atoms with Crippen molar-refractivity contribution >= 4 is 27.6 Å². The average molecular weight is 592 g/mol. The summed E-state index contributed by atoms with van der Waals surface area (Å²) in [7, 11) is -4.27. The van der Waals surface area contributed by atoms with Gasteiger partial charge in [0, 0.05) is 35.3 Å². The third-order valence-electron chi connectivity index (χ3n) is 8.10. The van der Waals surface area contributed by atoms with Crippen LogP contribution in [0.15, 0.2) is 53.6 Å². The number of nitrogens with zero attached hydrogens (tertiary/aromatic N) is 4. The first kappa shape index (κ1) is 29.9. The molecule has 0 aromatic carbocycles. The van der Waals surface area contributed by atoms with E-state index < -0.39 is 15.9 Å². The zero-order valence-electron chi connectivity index (χ0n) is 25.0. The van der Waals surface area contributed by atoms with E-state index in [1.807, 2.05) is 18.2 Å². The van der Waals surface area contributed by atoms with Crippen LogP contribution in [-0.4, -0.2) is 47.9 Å². The monoisotopic (exact) mass is 591 g/mol. The number of carbonyl (C=O) groups is 1. The largest absolute Gasteiger partial charge is 0.362 e. The lowest BCUT2D eigenvalue weighted by Crippen LogP contribution is -2.41. The van der Waals surface area contributed by atoms with Crippen LogP contribution in [0.5, 0.6) is 0 Å². The minimum absolute atomic E-state index is 0.206. The number of fused-ring (bicyclic) bond motifs is 6. The summed E-state index contributed by atoms with van der Waals surface area (Å²) in [6.45, 7) is 11.7. The number of sulfonamides is 1. The van der Waals surface area contributed by atoms with Crippen molar-refractivity contribution in [2.75, 3.05) is 23.3 Å². The highest BCUT2D eigenvalue weighted by atomic mass is 32.2. The Morgan fingerprint density at radius 1 is 1.02 bits per heavy atom. The van der Waals surface area contributed by atoms with Gasteiger partial charge in [0.1, 0.15) is 11.6 Å². The first-order valence-electron chi connectivity index (χ1n) is 14.5. The second-order valence-electron chi connectivity index (χ2n) is 13.0.